The van der Waals surface area contributed by atoms with Crippen molar-refractivity contribution in [3.63, 3.8) is 0 Å². The van der Waals surface area contributed by atoms with Crippen LogP contribution in [-0.2, 0) is 0 Å². The Balaban J connectivity index is 2.62. The van der Waals surface area contributed by atoms with Gasteiger partial charge in [0.15, 0.2) is 0 Å². The maximum atomic E-state index is 11.9. The van der Waals surface area contributed by atoms with Crippen LogP contribution in [0.5, 0.6) is 0 Å². The lowest BCUT2D eigenvalue weighted by Crippen LogP contribution is -2.47. The van der Waals surface area contributed by atoms with Gasteiger partial charge >= 0.3 is 0 Å². The quantitative estimate of drug-likeness (QED) is 0.865. The number of rotatable bonds is 5. The minimum absolute atomic E-state index is 0.190. The van der Waals surface area contributed by atoms with Gasteiger partial charge in [-0.1, -0.05) is 17.7 Å². The van der Waals surface area contributed by atoms with Gasteiger partial charge in [0.1, 0.15) is 0 Å². The van der Waals surface area contributed by atoms with E-state index in [0.29, 0.717) is 17.1 Å². The zero-order valence-corrected chi connectivity index (χ0v) is 12.6. The molecule has 0 aromatic heterocycles. The zero-order chi connectivity index (χ0) is 14.6. The predicted molar refractivity (Wildman–Crippen MR) is 77.7 cm³/mol. The zero-order valence-electron chi connectivity index (χ0n) is 11.8. The molecular weight excluding hydrogens is 264 g/mol. The summed E-state index contributed by atoms with van der Waals surface area (Å²) in [7, 11) is 3.74. The monoisotopic (exact) mass is 284 g/mol. The van der Waals surface area contributed by atoms with Crippen LogP contribution in [0.15, 0.2) is 18.2 Å². The summed E-state index contributed by atoms with van der Waals surface area (Å²) in [6, 6.07) is 5.15. The topological polar surface area (TPSA) is 52.6 Å². The molecule has 0 aliphatic rings. The van der Waals surface area contributed by atoms with E-state index in [-0.39, 0.29) is 12.5 Å². The molecule has 1 aromatic rings. The summed E-state index contributed by atoms with van der Waals surface area (Å²) in [5.74, 6) is -0.235. The molecule has 1 amide bonds. The van der Waals surface area contributed by atoms with Gasteiger partial charge in [-0.15, -0.1) is 0 Å². The standard InChI is InChI=1S/C14H21ClN2O2/c1-10-5-6-11(7-12(10)15)13(18)16-8-14(2,19)9-17(3)4/h5-7,19H,8-9H2,1-4H3,(H,16,18). The van der Waals surface area contributed by atoms with Gasteiger partial charge < -0.3 is 15.3 Å². The van der Waals surface area contributed by atoms with Crippen molar-refractivity contribution in [3.05, 3.63) is 34.3 Å². The normalized spacial score (nSPS) is 14.3. The minimum Gasteiger partial charge on any atom is -0.387 e. The molecule has 1 aromatic carbocycles. The summed E-state index contributed by atoms with van der Waals surface area (Å²) < 4.78 is 0. The third-order valence-corrected chi connectivity index (χ3v) is 3.13. The summed E-state index contributed by atoms with van der Waals surface area (Å²) in [5, 5.41) is 13.4. The second-order valence-corrected chi connectivity index (χ2v) is 5.79. The van der Waals surface area contributed by atoms with Crippen molar-refractivity contribution in [2.45, 2.75) is 19.4 Å². The summed E-state index contributed by atoms with van der Waals surface area (Å²) in [5.41, 5.74) is 0.460. The lowest BCUT2D eigenvalue weighted by molar-refractivity contribution is 0.0326. The molecule has 106 valence electrons. The highest BCUT2D eigenvalue weighted by atomic mass is 35.5. The molecule has 0 saturated carbocycles. The van der Waals surface area contributed by atoms with Crippen LogP contribution >= 0.6 is 11.6 Å². The summed E-state index contributed by atoms with van der Waals surface area (Å²) in [4.78, 5) is 13.8. The van der Waals surface area contributed by atoms with Crippen LogP contribution < -0.4 is 5.32 Å². The molecule has 4 nitrogen and oxygen atoms in total. The van der Waals surface area contributed by atoms with Crippen LogP contribution in [-0.4, -0.2) is 48.7 Å². The van der Waals surface area contributed by atoms with Gasteiger partial charge in [-0.3, -0.25) is 4.79 Å². The number of nitrogens with one attached hydrogen (secondary N) is 1. The highest BCUT2D eigenvalue weighted by molar-refractivity contribution is 6.31. The van der Waals surface area contributed by atoms with Gasteiger partial charge in [0, 0.05) is 23.7 Å². The summed E-state index contributed by atoms with van der Waals surface area (Å²) in [6.45, 7) is 4.23. The first-order valence-corrected chi connectivity index (χ1v) is 6.50. The smallest absolute Gasteiger partial charge is 0.251 e. The molecule has 0 aliphatic heterocycles. The first kappa shape index (κ1) is 16.0. The van der Waals surface area contributed by atoms with E-state index >= 15 is 0 Å². The highest BCUT2D eigenvalue weighted by Crippen LogP contribution is 2.16. The molecule has 1 atom stereocenters. The molecule has 2 N–H and O–H groups in total. The van der Waals surface area contributed by atoms with Crippen LogP contribution in [0.4, 0.5) is 0 Å². The molecule has 0 fully saturated rings. The Bertz CT molecular complexity index is 459. The second kappa shape index (κ2) is 6.37. The fourth-order valence-electron chi connectivity index (χ4n) is 1.84. The Labute approximate surface area is 119 Å². The molecule has 1 unspecified atom stereocenters. The molecule has 0 heterocycles. The number of amides is 1. The van der Waals surface area contributed by atoms with Crippen molar-refractivity contribution >= 4 is 17.5 Å². The van der Waals surface area contributed by atoms with Crippen molar-refractivity contribution in [3.8, 4) is 0 Å². The van der Waals surface area contributed by atoms with Gasteiger partial charge in [0.05, 0.1) is 5.60 Å². The van der Waals surface area contributed by atoms with Crippen molar-refractivity contribution < 1.29 is 9.90 Å². The minimum atomic E-state index is -0.965. The number of carbonyl (C=O) groups is 1. The Hall–Kier alpha value is -1.10. The molecule has 1 rings (SSSR count). The molecule has 0 spiro atoms. The Kier molecular flexibility index (Phi) is 5.35. The number of likely N-dealkylation sites (N-methyl/N-ethyl adjacent to an activating group) is 1. The lowest BCUT2D eigenvalue weighted by atomic mass is 10.1. The van der Waals surface area contributed by atoms with Crippen LogP contribution in [0, 0.1) is 6.92 Å². The highest BCUT2D eigenvalue weighted by Gasteiger charge is 2.22. The van der Waals surface area contributed by atoms with Crippen molar-refractivity contribution in [2.24, 2.45) is 0 Å². The Morgan fingerprint density at radius 1 is 1.47 bits per heavy atom. The van der Waals surface area contributed by atoms with Crippen LogP contribution in [0.3, 0.4) is 0 Å². The fourth-order valence-corrected chi connectivity index (χ4v) is 2.02. The van der Waals surface area contributed by atoms with E-state index in [1.54, 1.807) is 25.1 Å². The number of aliphatic hydroxyl groups is 1. The van der Waals surface area contributed by atoms with Gasteiger partial charge in [0.25, 0.3) is 5.91 Å². The molecule has 5 heteroatoms. The van der Waals surface area contributed by atoms with E-state index in [1.165, 1.54) is 0 Å². The number of aryl methyl sites for hydroxylation is 1. The van der Waals surface area contributed by atoms with Crippen LogP contribution in [0.2, 0.25) is 5.02 Å². The van der Waals surface area contributed by atoms with Crippen molar-refractivity contribution in [1.82, 2.24) is 10.2 Å². The number of carbonyl (C=O) groups excluding carboxylic acids is 1. The molecule has 0 bridgehead atoms. The predicted octanol–water partition coefficient (Wildman–Crippen LogP) is 1.69. The number of halogens is 1. The third kappa shape index (κ3) is 5.19. The molecule has 0 saturated heterocycles. The maximum Gasteiger partial charge on any atom is 0.251 e. The summed E-state index contributed by atoms with van der Waals surface area (Å²) in [6.07, 6.45) is 0. The van der Waals surface area contributed by atoms with Crippen molar-refractivity contribution in [1.29, 1.82) is 0 Å². The number of hydrogen-bond donors (Lipinski definition) is 2. The third-order valence-electron chi connectivity index (χ3n) is 2.72. The van der Waals surface area contributed by atoms with E-state index in [4.69, 9.17) is 11.6 Å². The van der Waals surface area contributed by atoms with Gasteiger partial charge in [-0.2, -0.15) is 0 Å². The summed E-state index contributed by atoms with van der Waals surface area (Å²) >= 11 is 5.98. The van der Waals surface area contributed by atoms with E-state index in [0.717, 1.165) is 5.56 Å². The number of hydrogen-bond acceptors (Lipinski definition) is 3. The molecular formula is C14H21ClN2O2. The Morgan fingerprint density at radius 3 is 2.63 bits per heavy atom. The lowest BCUT2D eigenvalue weighted by Gasteiger charge is -2.27. The maximum absolute atomic E-state index is 11.9. The van der Waals surface area contributed by atoms with Crippen molar-refractivity contribution in [2.75, 3.05) is 27.2 Å². The van der Waals surface area contributed by atoms with Gasteiger partial charge in [0.2, 0.25) is 0 Å². The fraction of sp³-hybridized carbons (Fsp3) is 0.500. The molecule has 0 aliphatic carbocycles. The first-order valence-electron chi connectivity index (χ1n) is 6.13. The van der Waals surface area contributed by atoms with E-state index < -0.39 is 5.60 Å². The van der Waals surface area contributed by atoms with Gasteiger partial charge in [-0.05, 0) is 45.6 Å². The second-order valence-electron chi connectivity index (χ2n) is 5.38. The van der Waals surface area contributed by atoms with Crippen LogP contribution in [0.1, 0.15) is 22.8 Å². The van der Waals surface area contributed by atoms with E-state index in [2.05, 4.69) is 5.32 Å². The largest absolute Gasteiger partial charge is 0.387 e. The van der Waals surface area contributed by atoms with E-state index in [9.17, 15) is 9.90 Å². The molecule has 0 radical (unpaired) electrons. The molecule has 19 heavy (non-hydrogen) atoms. The van der Waals surface area contributed by atoms with Gasteiger partial charge in [-0.25, -0.2) is 0 Å². The van der Waals surface area contributed by atoms with E-state index in [1.807, 2.05) is 25.9 Å². The average Bonchev–Trinajstić information content (AvgIpc) is 2.28. The SMILES string of the molecule is Cc1ccc(C(=O)NCC(C)(O)CN(C)C)cc1Cl. The number of benzene rings is 1. The average molecular weight is 285 g/mol. The van der Waals surface area contributed by atoms with Crippen LogP contribution in [0.25, 0.3) is 0 Å². The Morgan fingerprint density at radius 2 is 2.11 bits per heavy atom. The number of nitrogens with zero attached hydrogens (tertiary/aromatic N) is 1. The first-order chi connectivity index (χ1) is 8.71.